The number of rotatable bonds is 8. The molecule has 0 saturated carbocycles. The highest BCUT2D eigenvalue weighted by Gasteiger charge is 2.62. The maximum atomic E-state index is 14.2. The predicted octanol–water partition coefficient (Wildman–Crippen LogP) is 5.34. The van der Waals surface area contributed by atoms with E-state index in [1.165, 1.54) is 12.0 Å². The molecule has 0 unspecified atom stereocenters. The van der Waals surface area contributed by atoms with E-state index in [-0.39, 0.29) is 26.9 Å². The van der Waals surface area contributed by atoms with Gasteiger partial charge in [0.2, 0.25) is 0 Å². The average Bonchev–Trinajstić information content (AvgIpc) is 3.49. The first-order chi connectivity index (χ1) is 23.3. The lowest BCUT2D eigenvalue weighted by Crippen LogP contribution is -2.55. The molecule has 1 amide bonds. The van der Waals surface area contributed by atoms with Gasteiger partial charge >= 0.3 is 23.9 Å². The van der Waals surface area contributed by atoms with Crippen LogP contribution in [0.5, 0.6) is 11.5 Å². The van der Waals surface area contributed by atoms with Crippen LogP contribution in [0.15, 0.2) is 67.7 Å². The summed E-state index contributed by atoms with van der Waals surface area (Å²) in [5.41, 5.74) is -0.163. The largest absolute Gasteiger partial charge is 0.497 e. The maximum absolute atomic E-state index is 14.2. The minimum atomic E-state index is -1.72. The number of hydrogen-bond donors (Lipinski definition) is 0. The molecule has 49 heavy (non-hydrogen) atoms. The molecule has 258 valence electrons. The Balaban J connectivity index is 1.80. The van der Waals surface area contributed by atoms with Gasteiger partial charge in [-0.3, -0.25) is 9.69 Å². The van der Waals surface area contributed by atoms with Crippen molar-refractivity contribution in [3.63, 3.8) is 0 Å². The molecule has 0 N–H and O–H groups in total. The zero-order valence-corrected chi connectivity index (χ0v) is 30.5. The number of halogens is 1. The molecule has 0 bridgehead atoms. The second-order valence-electron chi connectivity index (χ2n) is 10.9. The lowest BCUT2D eigenvalue weighted by molar-refractivity contribution is -0.138. The third kappa shape index (κ3) is 6.17. The third-order valence-corrected chi connectivity index (χ3v) is 12.7. The van der Waals surface area contributed by atoms with Gasteiger partial charge in [-0.25, -0.2) is 19.2 Å². The molecule has 0 atom stereocenters. The zero-order valence-electron chi connectivity index (χ0n) is 27.3. The topological polar surface area (TPSA) is 144 Å². The number of esters is 4. The third-order valence-electron chi connectivity index (χ3n) is 7.77. The van der Waals surface area contributed by atoms with Crippen LogP contribution in [-0.2, 0) is 42.9 Å². The van der Waals surface area contributed by atoms with Crippen molar-refractivity contribution in [2.24, 2.45) is 0 Å². The van der Waals surface area contributed by atoms with Crippen LogP contribution in [0.2, 0.25) is 5.02 Å². The summed E-state index contributed by atoms with van der Waals surface area (Å²) < 4.78 is 30.1. The van der Waals surface area contributed by atoms with Gasteiger partial charge in [-0.1, -0.05) is 46.9 Å². The quantitative estimate of drug-likeness (QED) is 0.253. The molecule has 12 nitrogen and oxygen atoms in total. The molecule has 2 aromatic carbocycles. The van der Waals surface area contributed by atoms with E-state index in [0.29, 0.717) is 38.3 Å². The maximum Gasteiger partial charge on any atom is 0.345 e. The second-order valence-corrected chi connectivity index (χ2v) is 15.0. The lowest BCUT2D eigenvalue weighted by atomic mass is 9.83. The van der Waals surface area contributed by atoms with E-state index in [4.69, 9.17) is 40.0 Å². The summed E-state index contributed by atoms with van der Waals surface area (Å²) in [6.07, 6.45) is 0. The van der Waals surface area contributed by atoms with Crippen molar-refractivity contribution in [1.82, 2.24) is 0 Å². The Morgan fingerprint density at radius 2 is 1.27 bits per heavy atom. The minimum absolute atomic E-state index is 0.152. The molecule has 16 heteroatoms. The number of fused-ring (bicyclic) bond motifs is 3. The van der Waals surface area contributed by atoms with E-state index in [1.807, 2.05) is 0 Å². The molecule has 0 saturated heterocycles. The van der Waals surface area contributed by atoms with Crippen molar-refractivity contribution < 1.29 is 52.4 Å². The van der Waals surface area contributed by atoms with Gasteiger partial charge in [0.15, 0.2) is 6.61 Å². The minimum Gasteiger partial charge on any atom is -0.497 e. The van der Waals surface area contributed by atoms with E-state index < -0.39 is 39.4 Å². The fourth-order valence-corrected chi connectivity index (χ4v) is 10.8. The summed E-state index contributed by atoms with van der Waals surface area (Å²) >= 11 is 8.61. The number of carbonyl (C=O) groups is 5. The van der Waals surface area contributed by atoms with Crippen LogP contribution < -0.4 is 14.4 Å². The molecule has 0 aromatic heterocycles. The number of benzene rings is 2. The predicted molar refractivity (Wildman–Crippen MR) is 186 cm³/mol. The van der Waals surface area contributed by atoms with Crippen LogP contribution >= 0.6 is 46.9 Å². The summed E-state index contributed by atoms with van der Waals surface area (Å²) in [5.74, 6) is -3.13. The van der Waals surface area contributed by atoms with Gasteiger partial charge < -0.3 is 28.4 Å². The van der Waals surface area contributed by atoms with E-state index in [9.17, 15) is 24.0 Å². The van der Waals surface area contributed by atoms with Crippen molar-refractivity contribution in [1.29, 1.82) is 0 Å². The van der Waals surface area contributed by atoms with Crippen molar-refractivity contribution in [2.75, 3.05) is 47.1 Å². The highest BCUT2D eigenvalue weighted by Crippen LogP contribution is 2.71. The van der Waals surface area contributed by atoms with E-state index in [1.54, 1.807) is 56.3 Å². The van der Waals surface area contributed by atoms with Gasteiger partial charge in [-0.15, -0.1) is 0 Å². The number of carbonyl (C=O) groups excluding carboxylic acids is 5. The number of methoxy groups -OCH3 is 5. The first kappa shape index (κ1) is 36.2. The van der Waals surface area contributed by atoms with Crippen LogP contribution in [-0.4, -0.2) is 81.6 Å². The zero-order chi connectivity index (χ0) is 35.8. The highest BCUT2D eigenvalue weighted by molar-refractivity contribution is 8.26. The van der Waals surface area contributed by atoms with Crippen molar-refractivity contribution in [2.45, 2.75) is 23.5 Å². The molecule has 0 fully saturated rings. The molecule has 3 heterocycles. The Bertz CT molecular complexity index is 1840. The fraction of sp³-hybridized carbons (Fsp3) is 0.303. The number of thioether (sulfide) groups is 3. The van der Waals surface area contributed by atoms with Crippen molar-refractivity contribution in [3.8, 4) is 11.5 Å². The van der Waals surface area contributed by atoms with Crippen LogP contribution in [0.25, 0.3) is 5.57 Å². The van der Waals surface area contributed by atoms with Crippen molar-refractivity contribution in [3.05, 3.63) is 78.2 Å². The smallest absolute Gasteiger partial charge is 0.345 e. The Labute approximate surface area is 299 Å². The Morgan fingerprint density at radius 3 is 1.80 bits per heavy atom. The molecule has 3 aliphatic heterocycles. The molecule has 5 rings (SSSR count). The molecule has 0 aliphatic carbocycles. The first-order valence-electron chi connectivity index (χ1n) is 14.3. The van der Waals surface area contributed by atoms with Gasteiger partial charge in [0.25, 0.3) is 5.91 Å². The average molecular weight is 748 g/mol. The van der Waals surface area contributed by atoms with Crippen LogP contribution in [0.3, 0.4) is 0 Å². The van der Waals surface area contributed by atoms with Gasteiger partial charge in [0.05, 0.1) is 52.3 Å². The Kier molecular flexibility index (Phi) is 10.4. The second kappa shape index (κ2) is 14.1. The van der Waals surface area contributed by atoms with E-state index in [2.05, 4.69) is 0 Å². The summed E-state index contributed by atoms with van der Waals surface area (Å²) in [7, 11) is 6.08. The van der Waals surface area contributed by atoms with Crippen LogP contribution in [0.4, 0.5) is 5.69 Å². The van der Waals surface area contributed by atoms with Gasteiger partial charge in [-0.2, -0.15) is 0 Å². The van der Waals surface area contributed by atoms with Crippen LogP contribution in [0.1, 0.15) is 19.4 Å². The monoisotopic (exact) mass is 747 g/mol. The molecular weight excluding hydrogens is 718 g/mol. The number of amides is 1. The van der Waals surface area contributed by atoms with Gasteiger partial charge in [-0.05, 0) is 56.3 Å². The molecule has 0 radical (unpaired) electrons. The molecule has 2 aromatic rings. The first-order valence-corrected chi connectivity index (χ1v) is 17.2. The number of nitrogens with zero attached hydrogens (tertiary/aromatic N) is 1. The molecule has 1 spiro atoms. The summed E-state index contributed by atoms with van der Waals surface area (Å²) in [6, 6.07) is 11.6. The summed E-state index contributed by atoms with van der Waals surface area (Å²) in [4.78, 5) is 69.5. The SMILES string of the molecule is COC(=O)C1=C(C(=O)OC)SC2(S1)C(C(=O)OC)=C(C(=O)OC)SC1=C2c2cc(OC)ccc2N(C(=O)COc2ccc(Cl)cc2)C1(C)C. The normalized spacial score (nSPS) is 17.3. The number of anilines is 1. The van der Waals surface area contributed by atoms with E-state index >= 15 is 0 Å². The Hall–Kier alpha value is -4.05. The Morgan fingerprint density at radius 1 is 0.735 bits per heavy atom. The van der Waals surface area contributed by atoms with Crippen LogP contribution in [0, 0.1) is 0 Å². The molecular formula is C33H30ClNO11S3. The van der Waals surface area contributed by atoms with E-state index in [0.717, 1.165) is 63.7 Å². The summed E-state index contributed by atoms with van der Waals surface area (Å²) in [5, 5.41) is 0.505. The molecule has 3 aliphatic rings. The number of ether oxygens (including phenoxy) is 6. The standard InChI is InChI=1S/C33H30ClNO11S3/c1-32(2)27-22(19-14-18(41-3)12-13-20(19)35(32)21(36)15-46-17-10-8-16(34)9-11-17)33(23(28(37)42-4)24(47-27)29(38)43-5)48-25(30(39)44-6)26(49-33)31(40)45-7/h8-14H,15H2,1-7H3. The number of hydrogen-bond acceptors (Lipinski definition) is 14. The lowest BCUT2D eigenvalue weighted by Gasteiger charge is -2.50. The van der Waals surface area contributed by atoms with Crippen molar-refractivity contribution >= 4 is 87.9 Å². The fourth-order valence-electron chi connectivity index (χ4n) is 5.61. The summed E-state index contributed by atoms with van der Waals surface area (Å²) in [6.45, 7) is 3.18. The van der Waals surface area contributed by atoms with Gasteiger partial charge in [0, 0.05) is 21.1 Å². The van der Waals surface area contributed by atoms with Gasteiger partial charge in [0.1, 0.15) is 30.3 Å². The highest BCUT2D eigenvalue weighted by atomic mass is 35.5.